The minimum absolute atomic E-state index is 0.0370. The summed E-state index contributed by atoms with van der Waals surface area (Å²) >= 11 is 1.29. The second-order valence-corrected chi connectivity index (χ2v) is 7.64. The first-order valence-corrected chi connectivity index (χ1v) is 9.38. The maximum atomic E-state index is 12.5. The lowest BCUT2D eigenvalue weighted by Crippen LogP contribution is -2.24. The first kappa shape index (κ1) is 17.4. The lowest BCUT2D eigenvalue weighted by molar-refractivity contribution is -0.117. The third-order valence-electron chi connectivity index (χ3n) is 4.40. The molecule has 1 fully saturated rings. The van der Waals surface area contributed by atoms with Crippen molar-refractivity contribution in [3.8, 4) is 0 Å². The first-order valence-electron chi connectivity index (χ1n) is 8.56. The molecule has 2 amide bonds. The summed E-state index contributed by atoms with van der Waals surface area (Å²) < 4.78 is 5.06. The summed E-state index contributed by atoms with van der Waals surface area (Å²) in [5, 5.41) is 12.0. The summed E-state index contributed by atoms with van der Waals surface area (Å²) in [5.74, 6) is -0.127. The van der Waals surface area contributed by atoms with E-state index in [1.165, 1.54) is 17.6 Å². The standard InChI is InChI=1S/C19H18N4O3S/c1-11-6-12(2)8-14(7-11)23-10-13(9-16(23)24)18-21-22-19(27-18)20-17(25)15-4-3-5-26-15/h3-8,13H,9-10H2,1-2H3,(H,20,22,25)/t13-/m0/s1. The van der Waals surface area contributed by atoms with Crippen LogP contribution in [-0.2, 0) is 4.79 Å². The van der Waals surface area contributed by atoms with Crippen LogP contribution in [0.5, 0.6) is 0 Å². The molecule has 0 bridgehead atoms. The summed E-state index contributed by atoms with van der Waals surface area (Å²) in [4.78, 5) is 26.4. The van der Waals surface area contributed by atoms with Crippen LogP contribution in [0, 0.1) is 13.8 Å². The van der Waals surface area contributed by atoms with E-state index < -0.39 is 0 Å². The molecule has 0 aliphatic carbocycles. The second-order valence-electron chi connectivity index (χ2n) is 6.63. The van der Waals surface area contributed by atoms with Crippen molar-refractivity contribution in [3.05, 3.63) is 58.5 Å². The largest absolute Gasteiger partial charge is 0.459 e. The molecule has 7 nitrogen and oxygen atoms in total. The topological polar surface area (TPSA) is 88.3 Å². The van der Waals surface area contributed by atoms with E-state index >= 15 is 0 Å². The summed E-state index contributed by atoms with van der Waals surface area (Å²) in [7, 11) is 0. The molecule has 1 aliphatic rings. The normalized spacial score (nSPS) is 16.7. The number of amides is 2. The fourth-order valence-electron chi connectivity index (χ4n) is 3.25. The molecule has 1 saturated heterocycles. The molecule has 0 radical (unpaired) electrons. The fraction of sp³-hybridized carbons (Fsp3) is 0.263. The molecule has 0 saturated carbocycles. The van der Waals surface area contributed by atoms with Crippen LogP contribution in [0.1, 0.15) is 39.0 Å². The van der Waals surface area contributed by atoms with E-state index in [4.69, 9.17) is 4.42 Å². The summed E-state index contributed by atoms with van der Waals surface area (Å²) in [6.45, 7) is 4.60. The number of hydrogen-bond donors (Lipinski definition) is 1. The average molecular weight is 382 g/mol. The number of nitrogens with one attached hydrogen (secondary N) is 1. The van der Waals surface area contributed by atoms with Gasteiger partial charge in [-0.15, -0.1) is 10.2 Å². The maximum Gasteiger partial charge on any atom is 0.293 e. The number of hydrogen-bond acceptors (Lipinski definition) is 6. The Balaban J connectivity index is 1.48. The van der Waals surface area contributed by atoms with Crippen LogP contribution < -0.4 is 10.2 Å². The number of furan rings is 1. The second kappa shape index (κ2) is 6.96. The van der Waals surface area contributed by atoms with Gasteiger partial charge >= 0.3 is 0 Å². The molecule has 1 aromatic carbocycles. The highest BCUT2D eigenvalue weighted by Gasteiger charge is 2.34. The maximum absolute atomic E-state index is 12.5. The van der Waals surface area contributed by atoms with Crippen molar-refractivity contribution in [1.29, 1.82) is 0 Å². The van der Waals surface area contributed by atoms with Gasteiger partial charge in [-0.3, -0.25) is 14.9 Å². The van der Waals surface area contributed by atoms with E-state index in [2.05, 4.69) is 21.6 Å². The van der Waals surface area contributed by atoms with Crippen LogP contribution in [0.2, 0.25) is 0 Å². The summed E-state index contributed by atoms with van der Waals surface area (Å²) in [6.07, 6.45) is 1.82. The molecule has 0 unspecified atom stereocenters. The van der Waals surface area contributed by atoms with Gasteiger partial charge < -0.3 is 9.32 Å². The molecule has 27 heavy (non-hydrogen) atoms. The Morgan fingerprint density at radius 3 is 2.74 bits per heavy atom. The Kier molecular flexibility index (Phi) is 4.49. The number of anilines is 2. The molecule has 1 N–H and O–H groups in total. The zero-order valence-corrected chi connectivity index (χ0v) is 15.7. The molecule has 8 heteroatoms. The van der Waals surface area contributed by atoms with Crippen LogP contribution in [0.3, 0.4) is 0 Å². The predicted octanol–water partition coefficient (Wildman–Crippen LogP) is 3.52. The van der Waals surface area contributed by atoms with Crippen molar-refractivity contribution in [2.75, 3.05) is 16.8 Å². The average Bonchev–Trinajstić information content (AvgIpc) is 3.34. The number of aromatic nitrogens is 2. The number of nitrogens with zero attached hydrogens (tertiary/aromatic N) is 3. The van der Waals surface area contributed by atoms with Crippen LogP contribution in [0.15, 0.2) is 41.0 Å². The van der Waals surface area contributed by atoms with Crippen molar-refractivity contribution in [2.24, 2.45) is 0 Å². The minimum Gasteiger partial charge on any atom is -0.459 e. The number of rotatable bonds is 4. The minimum atomic E-state index is -0.373. The van der Waals surface area contributed by atoms with Crippen LogP contribution in [-0.4, -0.2) is 28.6 Å². The molecule has 1 aliphatic heterocycles. The van der Waals surface area contributed by atoms with Gasteiger partial charge in [-0.05, 0) is 49.2 Å². The van der Waals surface area contributed by atoms with E-state index in [1.54, 1.807) is 17.0 Å². The van der Waals surface area contributed by atoms with Crippen LogP contribution in [0.25, 0.3) is 0 Å². The molecule has 3 aromatic rings. The number of carbonyl (C=O) groups excluding carboxylic acids is 2. The quantitative estimate of drug-likeness (QED) is 0.746. The summed E-state index contributed by atoms with van der Waals surface area (Å²) in [6, 6.07) is 9.34. The molecule has 1 atom stereocenters. The van der Waals surface area contributed by atoms with Gasteiger partial charge in [0.05, 0.1) is 6.26 Å². The van der Waals surface area contributed by atoms with E-state index in [1.807, 2.05) is 26.0 Å². The zero-order valence-electron chi connectivity index (χ0n) is 14.9. The van der Waals surface area contributed by atoms with Gasteiger partial charge in [-0.1, -0.05) is 17.4 Å². The fourth-order valence-corrected chi connectivity index (χ4v) is 4.08. The SMILES string of the molecule is Cc1cc(C)cc(N2C[C@@H](c3nnc(NC(=O)c4ccco4)s3)CC2=O)c1. The number of carbonyl (C=O) groups is 2. The Bertz CT molecular complexity index is 976. The summed E-state index contributed by atoms with van der Waals surface area (Å²) in [5.41, 5.74) is 3.16. The van der Waals surface area contributed by atoms with Gasteiger partial charge in [-0.25, -0.2) is 0 Å². The first-order chi connectivity index (χ1) is 13.0. The third kappa shape index (κ3) is 3.61. The Morgan fingerprint density at radius 1 is 1.26 bits per heavy atom. The highest BCUT2D eigenvalue weighted by molar-refractivity contribution is 7.15. The molecule has 4 rings (SSSR count). The molecule has 3 heterocycles. The van der Waals surface area contributed by atoms with Crippen molar-refractivity contribution in [1.82, 2.24) is 10.2 Å². The Morgan fingerprint density at radius 2 is 2.04 bits per heavy atom. The highest BCUT2D eigenvalue weighted by Crippen LogP contribution is 2.34. The van der Waals surface area contributed by atoms with E-state index in [9.17, 15) is 9.59 Å². The van der Waals surface area contributed by atoms with E-state index in [0.717, 1.165) is 21.8 Å². The smallest absolute Gasteiger partial charge is 0.293 e. The monoisotopic (exact) mass is 382 g/mol. The third-order valence-corrected chi connectivity index (χ3v) is 5.40. The van der Waals surface area contributed by atoms with Crippen molar-refractivity contribution in [3.63, 3.8) is 0 Å². The van der Waals surface area contributed by atoms with Crippen LogP contribution >= 0.6 is 11.3 Å². The van der Waals surface area contributed by atoms with Gasteiger partial charge in [-0.2, -0.15) is 0 Å². The predicted molar refractivity (Wildman–Crippen MR) is 102 cm³/mol. The van der Waals surface area contributed by atoms with Crippen LogP contribution in [0.4, 0.5) is 10.8 Å². The van der Waals surface area contributed by atoms with Gasteiger partial charge in [0.2, 0.25) is 11.0 Å². The number of benzene rings is 1. The van der Waals surface area contributed by atoms with E-state index in [0.29, 0.717) is 18.1 Å². The molecular weight excluding hydrogens is 364 g/mol. The van der Waals surface area contributed by atoms with Gasteiger partial charge in [0, 0.05) is 24.6 Å². The van der Waals surface area contributed by atoms with Gasteiger partial charge in [0.15, 0.2) is 5.76 Å². The molecule has 138 valence electrons. The lowest BCUT2D eigenvalue weighted by atomic mass is 10.1. The molecule has 2 aromatic heterocycles. The molecular formula is C19H18N4O3S. The molecule has 0 spiro atoms. The van der Waals surface area contributed by atoms with E-state index in [-0.39, 0.29) is 23.5 Å². The highest BCUT2D eigenvalue weighted by atomic mass is 32.1. The van der Waals surface area contributed by atoms with Crippen molar-refractivity contribution < 1.29 is 14.0 Å². The van der Waals surface area contributed by atoms with Crippen molar-refractivity contribution in [2.45, 2.75) is 26.2 Å². The lowest BCUT2D eigenvalue weighted by Gasteiger charge is -2.17. The zero-order chi connectivity index (χ0) is 19.0. The van der Waals surface area contributed by atoms with Crippen molar-refractivity contribution >= 4 is 34.0 Å². The van der Waals surface area contributed by atoms with Gasteiger partial charge in [0.1, 0.15) is 5.01 Å². The van der Waals surface area contributed by atoms with Gasteiger partial charge in [0.25, 0.3) is 5.91 Å². The number of aryl methyl sites for hydroxylation is 2. The Labute approximate surface area is 160 Å². The Hall–Kier alpha value is -3.00.